The smallest absolute Gasteiger partial charge is 0.338 e. The minimum atomic E-state index is -4.53. The monoisotopic (exact) mass is 437 g/mol. The minimum Gasteiger partial charge on any atom is -0.338 e. The Bertz CT molecular complexity index is 1040. The summed E-state index contributed by atoms with van der Waals surface area (Å²) in [7, 11) is 0. The van der Waals surface area contributed by atoms with E-state index in [1.165, 1.54) is 12.1 Å². The topological polar surface area (TPSA) is 54.7 Å². The Kier molecular flexibility index (Phi) is 5.57. The first-order valence-electron chi connectivity index (χ1n) is 10.00. The fraction of sp³-hybridized carbons (Fsp3) is 0.476. The molecular formula is C21H22F3N3O2S. The van der Waals surface area contributed by atoms with Gasteiger partial charge in [-0.15, -0.1) is 0 Å². The highest BCUT2D eigenvalue weighted by molar-refractivity contribution is 7.11. The summed E-state index contributed by atoms with van der Waals surface area (Å²) in [5.74, 6) is -0.324. The molecule has 9 heteroatoms. The molecule has 30 heavy (non-hydrogen) atoms. The summed E-state index contributed by atoms with van der Waals surface area (Å²) in [6, 6.07) is 4.26. The predicted octanol–water partition coefficient (Wildman–Crippen LogP) is 4.26. The van der Waals surface area contributed by atoms with Crippen molar-refractivity contribution < 1.29 is 22.8 Å². The van der Waals surface area contributed by atoms with Gasteiger partial charge in [-0.25, -0.2) is 0 Å². The maximum absolute atomic E-state index is 13.0. The predicted molar refractivity (Wildman–Crippen MR) is 106 cm³/mol. The largest absolute Gasteiger partial charge is 0.416 e. The Morgan fingerprint density at radius 2 is 1.90 bits per heavy atom. The molecule has 1 aliphatic heterocycles. The molecule has 1 aromatic carbocycles. The highest BCUT2D eigenvalue weighted by Crippen LogP contribution is 2.32. The summed E-state index contributed by atoms with van der Waals surface area (Å²) in [5, 5.41) is 0. The second kappa shape index (κ2) is 8.02. The van der Waals surface area contributed by atoms with Crippen LogP contribution in [0.25, 0.3) is 0 Å². The Morgan fingerprint density at radius 3 is 2.53 bits per heavy atom. The van der Waals surface area contributed by atoms with Crippen LogP contribution < -0.4 is 4.80 Å². The number of rotatable bonds is 4. The van der Waals surface area contributed by atoms with Crippen LogP contribution in [0.15, 0.2) is 29.3 Å². The van der Waals surface area contributed by atoms with Crippen LogP contribution in [0.5, 0.6) is 0 Å². The van der Waals surface area contributed by atoms with Crippen molar-refractivity contribution in [2.45, 2.75) is 45.3 Å². The minimum absolute atomic E-state index is 0.0625. The maximum Gasteiger partial charge on any atom is 0.416 e. The van der Waals surface area contributed by atoms with E-state index < -0.39 is 17.6 Å². The maximum atomic E-state index is 13.0. The van der Waals surface area contributed by atoms with Crippen molar-refractivity contribution in [2.24, 2.45) is 10.9 Å². The second-order valence-electron chi connectivity index (χ2n) is 7.85. The van der Waals surface area contributed by atoms with Crippen LogP contribution in [-0.4, -0.2) is 34.4 Å². The van der Waals surface area contributed by atoms with E-state index in [-0.39, 0.29) is 11.5 Å². The van der Waals surface area contributed by atoms with Gasteiger partial charge in [0.05, 0.1) is 5.56 Å². The van der Waals surface area contributed by atoms with Gasteiger partial charge in [0.2, 0.25) is 0 Å². The molecule has 0 N–H and O–H groups in total. The third-order valence-corrected chi connectivity index (χ3v) is 6.69. The van der Waals surface area contributed by atoms with Gasteiger partial charge in [0.15, 0.2) is 4.80 Å². The number of hydrogen-bond donors (Lipinski definition) is 0. The zero-order valence-electron chi connectivity index (χ0n) is 16.5. The van der Waals surface area contributed by atoms with Crippen LogP contribution in [-0.2, 0) is 12.7 Å². The van der Waals surface area contributed by atoms with Gasteiger partial charge in [0.1, 0.15) is 4.88 Å². The summed E-state index contributed by atoms with van der Waals surface area (Å²) in [6.07, 6.45) is -0.415. The van der Waals surface area contributed by atoms with Crippen LogP contribution >= 0.6 is 11.3 Å². The lowest BCUT2D eigenvalue weighted by Gasteiger charge is -2.14. The molecule has 2 aliphatic rings. The lowest BCUT2D eigenvalue weighted by Crippen LogP contribution is -2.27. The summed E-state index contributed by atoms with van der Waals surface area (Å²) in [6.45, 7) is 3.93. The van der Waals surface area contributed by atoms with Gasteiger partial charge in [-0.05, 0) is 56.7 Å². The quantitative estimate of drug-likeness (QED) is 0.718. The van der Waals surface area contributed by atoms with Crippen molar-refractivity contribution in [2.75, 3.05) is 13.1 Å². The molecule has 5 nitrogen and oxygen atoms in total. The van der Waals surface area contributed by atoms with Gasteiger partial charge < -0.3 is 9.47 Å². The molecule has 1 saturated carbocycles. The SMILES string of the molecule is Cc1c(C(=O)N2CCCC2)sc(=NC(=O)c2cccc(C(F)(F)F)c2)n1CC1CC1. The number of likely N-dealkylation sites (tertiary alicyclic amines) is 1. The molecule has 1 saturated heterocycles. The summed E-state index contributed by atoms with van der Waals surface area (Å²) in [4.78, 5) is 32.4. The van der Waals surface area contributed by atoms with Crippen molar-refractivity contribution >= 4 is 23.2 Å². The van der Waals surface area contributed by atoms with E-state index in [0.717, 1.165) is 54.8 Å². The molecule has 0 bridgehead atoms. The third-order valence-electron chi connectivity index (χ3n) is 5.52. The zero-order valence-corrected chi connectivity index (χ0v) is 17.4. The number of hydrogen-bond acceptors (Lipinski definition) is 3. The average molecular weight is 437 g/mol. The first kappa shape index (κ1) is 20.8. The first-order chi connectivity index (χ1) is 14.2. The molecular weight excluding hydrogens is 415 g/mol. The number of amides is 2. The fourth-order valence-corrected chi connectivity index (χ4v) is 4.69. The fourth-order valence-electron chi connectivity index (χ4n) is 3.59. The number of nitrogens with zero attached hydrogens (tertiary/aromatic N) is 3. The van der Waals surface area contributed by atoms with E-state index in [1.54, 1.807) is 4.90 Å². The van der Waals surface area contributed by atoms with Gasteiger partial charge in [-0.3, -0.25) is 9.59 Å². The van der Waals surface area contributed by atoms with E-state index in [2.05, 4.69) is 4.99 Å². The second-order valence-corrected chi connectivity index (χ2v) is 8.83. The van der Waals surface area contributed by atoms with Gasteiger partial charge >= 0.3 is 6.18 Å². The van der Waals surface area contributed by atoms with Crippen molar-refractivity contribution in [1.29, 1.82) is 0 Å². The normalized spacial score (nSPS) is 17.6. The van der Waals surface area contributed by atoms with E-state index >= 15 is 0 Å². The molecule has 2 heterocycles. The van der Waals surface area contributed by atoms with Crippen LogP contribution in [0.1, 0.15) is 57.0 Å². The highest BCUT2D eigenvalue weighted by atomic mass is 32.1. The lowest BCUT2D eigenvalue weighted by molar-refractivity contribution is -0.137. The Balaban J connectivity index is 1.71. The van der Waals surface area contributed by atoms with Gasteiger partial charge in [0.25, 0.3) is 11.8 Å². The summed E-state index contributed by atoms with van der Waals surface area (Å²) >= 11 is 1.15. The van der Waals surface area contributed by atoms with E-state index in [0.29, 0.717) is 35.2 Å². The number of carbonyl (C=O) groups excluding carboxylic acids is 2. The summed E-state index contributed by atoms with van der Waals surface area (Å²) < 4.78 is 40.8. The molecule has 1 aliphatic carbocycles. The Hall–Kier alpha value is -2.42. The highest BCUT2D eigenvalue weighted by Gasteiger charge is 2.31. The van der Waals surface area contributed by atoms with Crippen molar-refractivity contribution in [3.05, 3.63) is 50.8 Å². The van der Waals surface area contributed by atoms with Crippen molar-refractivity contribution in [1.82, 2.24) is 9.47 Å². The van der Waals surface area contributed by atoms with E-state index in [4.69, 9.17) is 0 Å². The van der Waals surface area contributed by atoms with Gasteiger partial charge in [-0.2, -0.15) is 18.2 Å². The molecule has 1 aromatic heterocycles. The standard InChI is InChI=1S/C21H22F3N3O2S/c1-13-17(19(29)26-9-2-3-10-26)30-20(27(13)12-14-7-8-14)25-18(28)15-5-4-6-16(11-15)21(22,23)24/h4-6,11,14H,2-3,7-10,12H2,1H3. The summed E-state index contributed by atoms with van der Waals surface area (Å²) in [5.41, 5.74) is -0.248. The van der Waals surface area contributed by atoms with E-state index in [1.807, 2.05) is 11.5 Å². The molecule has 2 fully saturated rings. The Labute approximate surface area is 175 Å². The molecule has 0 atom stereocenters. The van der Waals surface area contributed by atoms with Gasteiger partial charge in [0, 0.05) is 30.9 Å². The third kappa shape index (κ3) is 4.35. The number of thiazole rings is 1. The van der Waals surface area contributed by atoms with Gasteiger partial charge in [-0.1, -0.05) is 17.4 Å². The molecule has 0 unspecified atom stereocenters. The van der Waals surface area contributed by atoms with Crippen molar-refractivity contribution in [3.63, 3.8) is 0 Å². The first-order valence-corrected chi connectivity index (χ1v) is 10.8. The molecule has 0 spiro atoms. The van der Waals surface area contributed by atoms with Crippen LogP contribution in [0.4, 0.5) is 13.2 Å². The van der Waals surface area contributed by atoms with Crippen LogP contribution in [0.2, 0.25) is 0 Å². The number of alkyl halides is 3. The number of halogens is 3. The van der Waals surface area contributed by atoms with Crippen LogP contribution in [0, 0.1) is 12.8 Å². The lowest BCUT2D eigenvalue weighted by atomic mass is 10.1. The number of carbonyl (C=O) groups is 2. The van der Waals surface area contributed by atoms with Crippen molar-refractivity contribution in [3.8, 4) is 0 Å². The van der Waals surface area contributed by atoms with Crippen LogP contribution in [0.3, 0.4) is 0 Å². The molecule has 2 aromatic rings. The van der Waals surface area contributed by atoms with E-state index in [9.17, 15) is 22.8 Å². The number of benzene rings is 1. The number of aromatic nitrogens is 1. The Morgan fingerprint density at radius 1 is 1.20 bits per heavy atom. The molecule has 0 radical (unpaired) electrons. The molecule has 4 rings (SSSR count). The molecule has 160 valence electrons. The average Bonchev–Trinajstić information content (AvgIpc) is 3.26. The zero-order chi connectivity index (χ0) is 21.5. The molecule has 2 amide bonds.